The number of aromatic nitrogens is 3. The molecule has 3 aliphatic rings. The lowest BCUT2D eigenvalue weighted by Gasteiger charge is -2.36. The Hall–Kier alpha value is -3.01. The predicted molar refractivity (Wildman–Crippen MR) is 144 cm³/mol. The molecule has 2 aliphatic heterocycles. The zero-order chi connectivity index (χ0) is 25.4. The molecule has 0 spiro atoms. The summed E-state index contributed by atoms with van der Waals surface area (Å²) in [4.78, 5) is 19.6. The first kappa shape index (κ1) is 24.3. The molecule has 4 heterocycles. The van der Waals surface area contributed by atoms with E-state index in [1.165, 1.54) is 12.8 Å². The van der Waals surface area contributed by atoms with Gasteiger partial charge < -0.3 is 29.3 Å². The molecular formula is C28H36N6O3. The van der Waals surface area contributed by atoms with Gasteiger partial charge in [-0.15, -0.1) is 0 Å². The Kier molecular flexibility index (Phi) is 6.84. The summed E-state index contributed by atoms with van der Waals surface area (Å²) in [5.41, 5.74) is 3.80. The van der Waals surface area contributed by atoms with Crippen LogP contribution in [-0.4, -0.2) is 79.7 Å². The fourth-order valence-electron chi connectivity index (χ4n) is 5.26. The minimum absolute atomic E-state index is 0.121. The predicted octanol–water partition coefficient (Wildman–Crippen LogP) is 3.40. The average Bonchev–Trinajstić information content (AvgIpc) is 3.75. The smallest absolute Gasteiger partial charge is 0.229 e. The summed E-state index contributed by atoms with van der Waals surface area (Å²) in [6, 6.07) is 11.1. The van der Waals surface area contributed by atoms with Gasteiger partial charge in [-0.2, -0.15) is 9.97 Å². The molecule has 1 N–H and O–H groups in total. The van der Waals surface area contributed by atoms with Gasteiger partial charge >= 0.3 is 0 Å². The van der Waals surface area contributed by atoms with Crippen LogP contribution >= 0.6 is 0 Å². The van der Waals surface area contributed by atoms with E-state index in [9.17, 15) is 0 Å². The van der Waals surface area contributed by atoms with Crippen LogP contribution < -0.4 is 19.9 Å². The Morgan fingerprint density at radius 1 is 0.973 bits per heavy atom. The molecular weight excluding hydrogens is 468 g/mol. The monoisotopic (exact) mass is 504 g/mol. The second kappa shape index (κ2) is 10.4. The normalized spacial score (nSPS) is 22.5. The molecule has 0 unspecified atom stereocenters. The van der Waals surface area contributed by atoms with Crippen molar-refractivity contribution in [2.45, 2.75) is 51.5 Å². The Morgan fingerprint density at radius 3 is 2.49 bits per heavy atom. The number of benzene rings is 1. The van der Waals surface area contributed by atoms with E-state index in [4.69, 9.17) is 29.2 Å². The summed E-state index contributed by atoms with van der Waals surface area (Å²) in [6.07, 6.45) is 2.75. The number of anilines is 2. The van der Waals surface area contributed by atoms with E-state index in [1.54, 1.807) is 7.11 Å². The lowest BCUT2D eigenvalue weighted by Crippen LogP contribution is -2.46. The van der Waals surface area contributed by atoms with E-state index < -0.39 is 0 Å². The van der Waals surface area contributed by atoms with Gasteiger partial charge in [0.05, 0.1) is 43.6 Å². The molecule has 1 saturated carbocycles. The number of hydrogen-bond donors (Lipinski definition) is 1. The Balaban J connectivity index is 1.40. The third-order valence-corrected chi connectivity index (χ3v) is 7.28. The minimum Gasteiger partial charge on any atom is -0.496 e. The third kappa shape index (κ3) is 5.35. The number of fused-ring (bicyclic) bond motifs is 1. The zero-order valence-electron chi connectivity index (χ0n) is 21.9. The number of nitrogens with one attached hydrogen (secondary N) is 1. The molecule has 3 aromatic rings. The maximum Gasteiger partial charge on any atom is 0.229 e. The Morgan fingerprint density at radius 2 is 1.76 bits per heavy atom. The van der Waals surface area contributed by atoms with Crippen LogP contribution in [-0.2, 0) is 16.0 Å². The number of rotatable bonds is 7. The topological polar surface area (TPSA) is 84.9 Å². The van der Waals surface area contributed by atoms with Crippen molar-refractivity contribution in [2.24, 2.45) is 0 Å². The summed E-state index contributed by atoms with van der Waals surface area (Å²) in [5, 5.41) is 4.56. The van der Waals surface area contributed by atoms with E-state index in [2.05, 4.69) is 53.2 Å². The van der Waals surface area contributed by atoms with E-state index in [1.807, 2.05) is 6.07 Å². The molecule has 196 valence electrons. The highest BCUT2D eigenvalue weighted by Crippen LogP contribution is 2.32. The highest BCUT2D eigenvalue weighted by atomic mass is 16.5. The van der Waals surface area contributed by atoms with E-state index in [-0.39, 0.29) is 12.2 Å². The van der Waals surface area contributed by atoms with Crippen LogP contribution in [0.25, 0.3) is 22.3 Å². The van der Waals surface area contributed by atoms with Crippen LogP contribution in [0.1, 0.15) is 32.3 Å². The summed E-state index contributed by atoms with van der Waals surface area (Å²) < 4.78 is 17.2. The molecule has 3 fully saturated rings. The van der Waals surface area contributed by atoms with Crippen LogP contribution in [0.3, 0.4) is 0 Å². The molecule has 2 aromatic heterocycles. The number of pyridine rings is 1. The summed E-state index contributed by atoms with van der Waals surface area (Å²) >= 11 is 0. The van der Waals surface area contributed by atoms with Crippen molar-refractivity contribution in [1.82, 2.24) is 20.3 Å². The fourth-order valence-corrected chi connectivity index (χ4v) is 5.26. The molecule has 6 rings (SSSR count). The number of morpholine rings is 2. The number of hydrogen-bond acceptors (Lipinski definition) is 9. The third-order valence-electron chi connectivity index (χ3n) is 7.28. The van der Waals surface area contributed by atoms with Crippen molar-refractivity contribution in [3.05, 3.63) is 35.9 Å². The largest absolute Gasteiger partial charge is 0.496 e. The van der Waals surface area contributed by atoms with Gasteiger partial charge in [0.2, 0.25) is 5.95 Å². The first-order valence-corrected chi connectivity index (χ1v) is 13.4. The second-order valence-corrected chi connectivity index (χ2v) is 10.4. The van der Waals surface area contributed by atoms with Gasteiger partial charge in [0.15, 0.2) is 5.65 Å². The van der Waals surface area contributed by atoms with Crippen molar-refractivity contribution >= 4 is 22.8 Å². The first-order valence-electron chi connectivity index (χ1n) is 13.4. The molecule has 1 aromatic carbocycles. The summed E-state index contributed by atoms with van der Waals surface area (Å²) in [6.45, 7) is 9.50. The fraction of sp³-hybridized carbons (Fsp3) is 0.536. The maximum atomic E-state index is 5.96. The van der Waals surface area contributed by atoms with Gasteiger partial charge in [-0.05, 0) is 57.0 Å². The Labute approximate surface area is 218 Å². The van der Waals surface area contributed by atoms with Crippen molar-refractivity contribution in [3.63, 3.8) is 0 Å². The van der Waals surface area contributed by atoms with Crippen molar-refractivity contribution < 1.29 is 14.2 Å². The van der Waals surface area contributed by atoms with Gasteiger partial charge in [-0.3, -0.25) is 0 Å². The van der Waals surface area contributed by atoms with Gasteiger partial charge in [0.25, 0.3) is 0 Å². The molecule has 2 saturated heterocycles. The van der Waals surface area contributed by atoms with Crippen LogP contribution in [0.5, 0.6) is 5.75 Å². The van der Waals surface area contributed by atoms with E-state index >= 15 is 0 Å². The van der Waals surface area contributed by atoms with Crippen molar-refractivity contribution in [1.29, 1.82) is 0 Å². The lowest BCUT2D eigenvalue weighted by molar-refractivity contribution is -0.00570. The van der Waals surface area contributed by atoms with Crippen molar-refractivity contribution in [2.75, 3.05) is 56.3 Å². The maximum absolute atomic E-state index is 5.96. The van der Waals surface area contributed by atoms with Crippen LogP contribution in [0.4, 0.5) is 11.8 Å². The molecule has 9 nitrogen and oxygen atoms in total. The standard InChI is InChI=1S/C28H36N6O3/c1-18-16-34(17-19(2)37-18)28-31-26-23(27(32-28)33-10-12-36-13-11-33)7-8-24(30-26)20-4-9-25(35-3)21(14-20)15-29-22-5-6-22/h4,7-9,14,18-19,22,29H,5-6,10-13,15-17H2,1-3H3/t18-,19+. The van der Waals surface area contributed by atoms with Crippen LogP contribution in [0.2, 0.25) is 0 Å². The van der Waals surface area contributed by atoms with Crippen LogP contribution in [0, 0.1) is 0 Å². The highest BCUT2D eigenvalue weighted by Gasteiger charge is 2.27. The van der Waals surface area contributed by atoms with Crippen molar-refractivity contribution in [3.8, 4) is 17.0 Å². The molecule has 1 aliphatic carbocycles. The number of ether oxygens (including phenoxy) is 3. The SMILES string of the molecule is COc1ccc(-c2ccc3c(N4CCOCC4)nc(N4C[C@@H](C)O[C@@H](C)C4)nc3n2)cc1CNC1CC1. The van der Waals surface area contributed by atoms with E-state index in [0.29, 0.717) is 30.9 Å². The Bertz CT molecular complexity index is 1250. The summed E-state index contributed by atoms with van der Waals surface area (Å²) in [7, 11) is 1.73. The molecule has 37 heavy (non-hydrogen) atoms. The first-order chi connectivity index (χ1) is 18.1. The molecule has 0 radical (unpaired) electrons. The molecule has 0 amide bonds. The van der Waals surface area contributed by atoms with Gasteiger partial charge in [0.1, 0.15) is 11.6 Å². The molecule has 9 heteroatoms. The second-order valence-electron chi connectivity index (χ2n) is 10.4. The lowest BCUT2D eigenvalue weighted by atomic mass is 10.1. The van der Waals surface area contributed by atoms with E-state index in [0.717, 1.165) is 66.5 Å². The van der Waals surface area contributed by atoms with Gasteiger partial charge in [-0.1, -0.05) is 0 Å². The minimum atomic E-state index is 0.121. The zero-order valence-corrected chi connectivity index (χ0v) is 21.9. The van der Waals surface area contributed by atoms with Crippen LogP contribution in [0.15, 0.2) is 30.3 Å². The number of nitrogens with zero attached hydrogens (tertiary/aromatic N) is 5. The van der Waals surface area contributed by atoms with Gasteiger partial charge in [0, 0.05) is 49.9 Å². The highest BCUT2D eigenvalue weighted by molar-refractivity contribution is 5.90. The molecule has 0 bridgehead atoms. The van der Waals surface area contributed by atoms with Gasteiger partial charge in [-0.25, -0.2) is 4.98 Å². The quantitative estimate of drug-likeness (QED) is 0.520. The average molecular weight is 505 g/mol. The number of methoxy groups -OCH3 is 1. The summed E-state index contributed by atoms with van der Waals surface area (Å²) in [5.74, 6) is 2.54. The molecule has 2 atom stereocenters.